The standard InChI is InChI=1S/C16H18N2O3/c1-21-14-9-5-8-12(15(14)19)16(20)18-13(10-17)11-6-3-2-4-7-11/h2-9,13,19H,10,17H2,1H3,(H,18,20). The molecule has 1 unspecified atom stereocenters. The van der Waals surface area contributed by atoms with E-state index in [1.807, 2.05) is 30.3 Å². The maximum atomic E-state index is 12.3. The van der Waals surface area contributed by atoms with Gasteiger partial charge in [-0.25, -0.2) is 0 Å². The fraction of sp³-hybridized carbons (Fsp3) is 0.188. The normalized spacial score (nSPS) is 11.7. The number of rotatable bonds is 5. The van der Waals surface area contributed by atoms with Gasteiger partial charge in [-0.05, 0) is 17.7 Å². The minimum absolute atomic E-state index is 0.156. The summed E-state index contributed by atoms with van der Waals surface area (Å²) in [5.41, 5.74) is 6.79. The molecular weight excluding hydrogens is 268 g/mol. The number of amides is 1. The molecule has 5 nitrogen and oxygen atoms in total. The van der Waals surface area contributed by atoms with Crippen molar-refractivity contribution >= 4 is 5.91 Å². The molecule has 110 valence electrons. The molecule has 0 fully saturated rings. The number of benzene rings is 2. The van der Waals surface area contributed by atoms with Crippen LogP contribution in [0.15, 0.2) is 48.5 Å². The number of carbonyl (C=O) groups is 1. The summed E-state index contributed by atoms with van der Waals surface area (Å²) in [6.45, 7) is 0.264. The Morgan fingerprint density at radius 3 is 2.57 bits per heavy atom. The Hall–Kier alpha value is -2.53. The highest BCUT2D eigenvalue weighted by Crippen LogP contribution is 2.29. The van der Waals surface area contributed by atoms with E-state index in [9.17, 15) is 9.90 Å². The molecule has 0 aliphatic carbocycles. The molecule has 21 heavy (non-hydrogen) atoms. The number of aromatic hydroxyl groups is 1. The highest BCUT2D eigenvalue weighted by atomic mass is 16.5. The predicted molar refractivity (Wildman–Crippen MR) is 80.4 cm³/mol. The van der Waals surface area contributed by atoms with Crippen LogP contribution in [0.5, 0.6) is 11.5 Å². The molecule has 2 aromatic carbocycles. The zero-order valence-corrected chi connectivity index (χ0v) is 11.7. The zero-order chi connectivity index (χ0) is 15.2. The Bertz CT molecular complexity index is 614. The number of hydrogen-bond donors (Lipinski definition) is 3. The molecule has 0 saturated carbocycles. The van der Waals surface area contributed by atoms with Gasteiger partial charge in [0.2, 0.25) is 0 Å². The van der Waals surface area contributed by atoms with Crippen LogP contribution >= 0.6 is 0 Å². The van der Waals surface area contributed by atoms with Gasteiger partial charge in [-0.3, -0.25) is 4.79 Å². The van der Waals surface area contributed by atoms with Crippen LogP contribution in [-0.4, -0.2) is 24.7 Å². The van der Waals surface area contributed by atoms with E-state index in [2.05, 4.69) is 5.32 Å². The van der Waals surface area contributed by atoms with Crippen molar-refractivity contribution in [2.45, 2.75) is 6.04 Å². The lowest BCUT2D eigenvalue weighted by atomic mass is 10.1. The van der Waals surface area contributed by atoms with Crippen molar-refractivity contribution in [3.05, 3.63) is 59.7 Å². The first kappa shape index (κ1) is 14.9. The van der Waals surface area contributed by atoms with Gasteiger partial charge in [0.15, 0.2) is 11.5 Å². The summed E-state index contributed by atoms with van der Waals surface area (Å²) >= 11 is 0. The summed E-state index contributed by atoms with van der Waals surface area (Å²) in [5, 5.41) is 12.8. The Morgan fingerprint density at radius 1 is 1.24 bits per heavy atom. The van der Waals surface area contributed by atoms with Crippen molar-refractivity contribution in [3.8, 4) is 11.5 Å². The van der Waals surface area contributed by atoms with E-state index in [-0.39, 0.29) is 29.6 Å². The summed E-state index contributed by atoms with van der Waals surface area (Å²) in [6, 6.07) is 13.9. The van der Waals surface area contributed by atoms with Crippen molar-refractivity contribution < 1.29 is 14.6 Å². The Labute approximate surface area is 123 Å². The molecule has 0 saturated heterocycles. The van der Waals surface area contributed by atoms with E-state index < -0.39 is 5.91 Å². The summed E-state index contributed by atoms with van der Waals surface area (Å²) in [4.78, 5) is 12.3. The van der Waals surface area contributed by atoms with Gasteiger partial charge in [0.1, 0.15) is 0 Å². The second-order valence-electron chi connectivity index (χ2n) is 4.53. The topological polar surface area (TPSA) is 84.6 Å². The number of nitrogens with two attached hydrogens (primary N) is 1. The lowest BCUT2D eigenvalue weighted by Crippen LogP contribution is -2.33. The first-order valence-electron chi connectivity index (χ1n) is 6.59. The maximum absolute atomic E-state index is 12.3. The molecule has 4 N–H and O–H groups in total. The highest BCUT2D eigenvalue weighted by molar-refractivity contribution is 5.97. The first-order valence-corrected chi connectivity index (χ1v) is 6.59. The lowest BCUT2D eigenvalue weighted by Gasteiger charge is -2.18. The molecule has 0 aliphatic heterocycles. The Kier molecular flexibility index (Phi) is 4.79. The smallest absolute Gasteiger partial charge is 0.255 e. The fourth-order valence-corrected chi connectivity index (χ4v) is 2.07. The van der Waals surface area contributed by atoms with Crippen LogP contribution in [0.4, 0.5) is 0 Å². The molecule has 0 aliphatic rings. The molecule has 1 atom stereocenters. The predicted octanol–water partition coefficient (Wildman–Crippen LogP) is 1.83. The number of methoxy groups -OCH3 is 1. The van der Waals surface area contributed by atoms with Crippen molar-refractivity contribution in [2.24, 2.45) is 5.73 Å². The lowest BCUT2D eigenvalue weighted by molar-refractivity contribution is 0.0934. The molecule has 5 heteroatoms. The first-order chi connectivity index (χ1) is 10.2. The van der Waals surface area contributed by atoms with Crippen LogP contribution in [-0.2, 0) is 0 Å². The van der Waals surface area contributed by atoms with E-state index in [1.165, 1.54) is 13.2 Å². The Balaban J connectivity index is 2.21. The third kappa shape index (κ3) is 3.32. The number of carbonyl (C=O) groups excluding carboxylic acids is 1. The van der Waals surface area contributed by atoms with E-state index in [0.717, 1.165) is 5.56 Å². The highest BCUT2D eigenvalue weighted by Gasteiger charge is 2.18. The van der Waals surface area contributed by atoms with Crippen molar-refractivity contribution in [2.75, 3.05) is 13.7 Å². The number of ether oxygens (including phenoxy) is 1. The van der Waals surface area contributed by atoms with Crippen LogP contribution in [0, 0.1) is 0 Å². The second-order valence-corrected chi connectivity index (χ2v) is 4.53. The largest absolute Gasteiger partial charge is 0.504 e. The molecule has 0 radical (unpaired) electrons. The van der Waals surface area contributed by atoms with E-state index in [0.29, 0.717) is 0 Å². The SMILES string of the molecule is COc1cccc(C(=O)NC(CN)c2ccccc2)c1O. The van der Waals surface area contributed by atoms with Crippen molar-refractivity contribution in [1.82, 2.24) is 5.32 Å². The summed E-state index contributed by atoms with van der Waals surface area (Å²) < 4.78 is 5.00. The molecular formula is C16H18N2O3. The van der Waals surface area contributed by atoms with Crippen molar-refractivity contribution in [1.29, 1.82) is 0 Å². The van der Waals surface area contributed by atoms with Gasteiger partial charge in [-0.15, -0.1) is 0 Å². The quantitative estimate of drug-likeness (QED) is 0.783. The van der Waals surface area contributed by atoms with Gasteiger partial charge >= 0.3 is 0 Å². The molecule has 2 aromatic rings. The van der Waals surface area contributed by atoms with Crippen LogP contribution in [0.3, 0.4) is 0 Å². The third-order valence-corrected chi connectivity index (χ3v) is 3.21. The average molecular weight is 286 g/mol. The number of nitrogens with one attached hydrogen (secondary N) is 1. The van der Waals surface area contributed by atoms with Gasteiger partial charge in [0, 0.05) is 6.54 Å². The van der Waals surface area contributed by atoms with E-state index in [4.69, 9.17) is 10.5 Å². The van der Waals surface area contributed by atoms with Gasteiger partial charge < -0.3 is 20.9 Å². The molecule has 0 bridgehead atoms. The van der Waals surface area contributed by atoms with E-state index in [1.54, 1.807) is 12.1 Å². The molecule has 0 spiro atoms. The van der Waals surface area contributed by atoms with Crippen LogP contribution < -0.4 is 15.8 Å². The summed E-state index contributed by atoms with van der Waals surface area (Å²) in [7, 11) is 1.43. The third-order valence-electron chi connectivity index (χ3n) is 3.21. The second kappa shape index (κ2) is 6.76. The monoisotopic (exact) mass is 286 g/mol. The van der Waals surface area contributed by atoms with Gasteiger partial charge in [0.25, 0.3) is 5.91 Å². The van der Waals surface area contributed by atoms with Crippen LogP contribution in [0.2, 0.25) is 0 Å². The number of hydrogen-bond acceptors (Lipinski definition) is 4. The van der Waals surface area contributed by atoms with Gasteiger partial charge in [-0.2, -0.15) is 0 Å². The molecule has 1 amide bonds. The number of para-hydroxylation sites is 1. The number of phenols is 1. The van der Waals surface area contributed by atoms with E-state index >= 15 is 0 Å². The van der Waals surface area contributed by atoms with Crippen LogP contribution in [0.25, 0.3) is 0 Å². The van der Waals surface area contributed by atoms with Crippen LogP contribution in [0.1, 0.15) is 22.0 Å². The maximum Gasteiger partial charge on any atom is 0.255 e. The minimum atomic E-state index is -0.397. The van der Waals surface area contributed by atoms with Crippen molar-refractivity contribution in [3.63, 3.8) is 0 Å². The van der Waals surface area contributed by atoms with Gasteiger partial charge in [0.05, 0.1) is 18.7 Å². The van der Waals surface area contributed by atoms with Gasteiger partial charge in [-0.1, -0.05) is 36.4 Å². The number of phenolic OH excluding ortho intramolecular Hbond substituents is 1. The average Bonchev–Trinajstić information content (AvgIpc) is 2.53. The fourth-order valence-electron chi connectivity index (χ4n) is 2.07. The molecule has 2 rings (SSSR count). The zero-order valence-electron chi connectivity index (χ0n) is 11.7. The summed E-state index contributed by atoms with van der Waals surface area (Å²) in [5.74, 6) is -0.321. The molecule has 0 aromatic heterocycles. The Morgan fingerprint density at radius 2 is 1.95 bits per heavy atom. The molecule has 0 heterocycles. The summed E-state index contributed by atoms with van der Waals surface area (Å²) in [6.07, 6.45) is 0. The minimum Gasteiger partial charge on any atom is -0.504 e.